The average Bonchev–Trinajstić information content (AvgIpc) is 2.81. The van der Waals surface area contributed by atoms with Crippen molar-refractivity contribution in [3.05, 3.63) is 46.0 Å². The molecule has 0 N–H and O–H groups in total. The molecule has 0 spiro atoms. The van der Waals surface area contributed by atoms with Crippen LogP contribution in [0.2, 0.25) is 0 Å². The van der Waals surface area contributed by atoms with Crippen LogP contribution in [0.15, 0.2) is 30.4 Å². The first-order valence-corrected chi connectivity index (χ1v) is 8.32. The first-order valence-electron chi connectivity index (χ1n) is 8.32. The number of rotatable bonds is 5. The monoisotopic (exact) mass is 344 g/mol. The topological polar surface area (TPSA) is 89.8 Å². The maximum Gasteiger partial charge on any atom is 0.270 e. The molecule has 1 aromatic rings. The van der Waals surface area contributed by atoms with Gasteiger partial charge in [0, 0.05) is 17.7 Å². The Bertz CT molecular complexity index is 730. The Balaban J connectivity index is 1.90. The molecule has 7 nitrogen and oxygen atoms in total. The molecule has 0 unspecified atom stereocenters. The molecule has 7 heteroatoms. The van der Waals surface area contributed by atoms with Gasteiger partial charge in [0.2, 0.25) is 11.8 Å². The fraction of sp³-hybridized carbons (Fsp3) is 0.444. The minimum absolute atomic E-state index is 0.00556. The Morgan fingerprint density at radius 2 is 1.80 bits per heavy atom. The Morgan fingerprint density at radius 1 is 1.20 bits per heavy atom. The number of nitro benzene ring substituents is 1. The Hall–Kier alpha value is -2.70. The van der Waals surface area contributed by atoms with Crippen molar-refractivity contribution in [3.8, 4) is 5.75 Å². The highest BCUT2D eigenvalue weighted by Crippen LogP contribution is 2.37. The zero-order valence-corrected chi connectivity index (χ0v) is 14.2. The van der Waals surface area contributed by atoms with Gasteiger partial charge in [-0.15, -0.1) is 0 Å². The van der Waals surface area contributed by atoms with E-state index in [4.69, 9.17) is 4.74 Å². The molecule has 2 aliphatic rings. The summed E-state index contributed by atoms with van der Waals surface area (Å²) in [5.74, 6) is -0.590. The second-order valence-electron chi connectivity index (χ2n) is 6.63. The number of nitro groups is 1. The number of fused-ring (bicyclic) bond motifs is 1. The number of carbonyl (C=O) groups excluding carboxylic acids is 2. The third-order valence-corrected chi connectivity index (χ3v) is 4.54. The molecule has 2 amide bonds. The molecule has 1 aliphatic heterocycles. The molecule has 1 heterocycles. The number of ether oxygens (including phenoxy) is 1. The quantitative estimate of drug-likeness (QED) is 0.355. The van der Waals surface area contributed by atoms with E-state index in [1.54, 1.807) is 0 Å². The van der Waals surface area contributed by atoms with Crippen molar-refractivity contribution >= 4 is 17.5 Å². The van der Waals surface area contributed by atoms with Crippen LogP contribution in [-0.4, -0.2) is 27.7 Å². The summed E-state index contributed by atoms with van der Waals surface area (Å²) in [6.45, 7) is 3.68. The van der Waals surface area contributed by atoms with Gasteiger partial charge in [0.15, 0.2) is 0 Å². The van der Waals surface area contributed by atoms with E-state index in [0.717, 1.165) is 0 Å². The second kappa shape index (κ2) is 6.66. The number of allylic oxidation sites excluding steroid dienone is 2. The Kier molecular flexibility index (Phi) is 4.57. The van der Waals surface area contributed by atoms with Gasteiger partial charge in [0.05, 0.1) is 29.4 Å². The molecule has 0 radical (unpaired) electrons. The van der Waals surface area contributed by atoms with Crippen LogP contribution in [0.5, 0.6) is 5.75 Å². The van der Waals surface area contributed by atoms with Gasteiger partial charge in [0.1, 0.15) is 5.75 Å². The van der Waals surface area contributed by atoms with Crippen molar-refractivity contribution in [1.29, 1.82) is 0 Å². The van der Waals surface area contributed by atoms with Crippen molar-refractivity contribution in [2.45, 2.75) is 39.3 Å². The highest BCUT2D eigenvalue weighted by atomic mass is 16.6. The molecule has 0 aromatic heterocycles. The van der Waals surface area contributed by atoms with Gasteiger partial charge in [0.25, 0.3) is 5.69 Å². The maximum atomic E-state index is 12.6. The number of imide groups is 1. The standard InChI is InChI=1S/C18H20N2O5/c1-11(2)25-16-8-7-13(20(23)24)9-12(16)10-19-17(21)14-5-3-4-6-15(14)18(19)22/h3-4,7-9,11,14-15H,5-6,10H2,1-2H3/t14-,15-/m0/s1. The molecule has 2 atom stereocenters. The SMILES string of the molecule is CC(C)Oc1ccc([N+](=O)[O-])cc1CN1C(=O)[C@H]2CC=CC[C@@H]2C1=O. The van der Waals surface area contributed by atoms with E-state index in [1.807, 2.05) is 26.0 Å². The average molecular weight is 344 g/mol. The van der Waals surface area contributed by atoms with Gasteiger partial charge < -0.3 is 4.74 Å². The van der Waals surface area contributed by atoms with Crippen LogP contribution in [0, 0.1) is 22.0 Å². The fourth-order valence-corrected chi connectivity index (χ4v) is 3.37. The molecule has 132 valence electrons. The largest absolute Gasteiger partial charge is 0.491 e. The number of non-ortho nitro benzene ring substituents is 1. The minimum atomic E-state index is -0.500. The number of hydrogen-bond donors (Lipinski definition) is 0. The maximum absolute atomic E-state index is 12.6. The van der Waals surface area contributed by atoms with Crippen LogP contribution in [0.3, 0.4) is 0 Å². The molecule has 0 saturated carbocycles. The number of amides is 2. The zero-order chi connectivity index (χ0) is 18.1. The van der Waals surface area contributed by atoms with Crippen molar-refractivity contribution < 1.29 is 19.2 Å². The van der Waals surface area contributed by atoms with Crippen LogP contribution >= 0.6 is 0 Å². The normalized spacial score (nSPS) is 22.4. The number of likely N-dealkylation sites (tertiary alicyclic amines) is 1. The van der Waals surface area contributed by atoms with E-state index >= 15 is 0 Å². The van der Waals surface area contributed by atoms with Crippen molar-refractivity contribution in [1.82, 2.24) is 4.90 Å². The molecule has 1 aliphatic carbocycles. The molecule has 1 fully saturated rings. The summed E-state index contributed by atoms with van der Waals surface area (Å²) in [6.07, 6.45) is 4.86. The summed E-state index contributed by atoms with van der Waals surface area (Å²) < 4.78 is 5.70. The molecule has 1 saturated heterocycles. The van der Waals surface area contributed by atoms with Gasteiger partial charge in [-0.1, -0.05) is 12.2 Å². The lowest BCUT2D eigenvalue weighted by Gasteiger charge is -2.19. The van der Waals surface area contributed by atoms with E-state index < -0.39 is 4.92 Å². The summed E-state index contributed by atoms with van der Waals surface area (Å²) >= 11 is 0. The van der Waals surface area contributed by atoms with E-state index in [9.17, 15) is 19.7 Å². The zero-order valence-electron chi connectivity index (χ0n) is 14.2. The van der Waals surface area contributed by atoms with Gasteiger partial charge in [-0.25, -0.2) is 0 Å². The second-order valence-corrected chi connectivity index (χ2v) is 6.63. The Labute approximate surface area is 145 Å². The van der Waals surface area contributed by atoms with Crippen molar-refractivity contribution in [2.24, 2.45) is 11.8 Å². The van der Waals surface area contributed by atoms with E-state index in [1.165, 1.54) is 23.1 Å². The van der Waals surface area contributed by atoms with Crippen LogP contribution in [-0.2, 0) is 16.1 Å². The van der Waals surface area contributed by atoms with Crippen molar-refractivity contribution in [3.63, 3.8) is 0 Å². The van der Waals surface area contributed by atoms with E-state index in [2.05, 4.69) is 0 Å². The third kappa shape index (κ3) is 3.26. The molecule has 3 rings (SSSR count). The van der Waals surface area contributed by atoms with Gasteiger partial charge in [-0.2, -0.15) is 0 Å². The number of carbonyl (C=O) groups is 2. The van der Waals surface area contributed by atoms with E-state index in [-0.39, 0.29) is 42.0 Å². The lowest BCUT2D eigenvalue weighted by molar-refractivity contribution is -0.385. The lowest BCUT2D eigenvalue weighted by atomic mass is 9.85. The highest BCUT2D eigenvalue weighted by Gasteiger charge is 2.47. The van der Waals surface area contributed by atoms with E-state index in [0.29, 0.717) is 24.2 Å². The van der Waals surface area contributed by atoms with Crippen LogP contribution in [0.1, 0.15) is 32.3 Å². The Morgan fingerprint density at radius 3 is 2.32 bits per heavy atom. The van der Waals surface area contributed by atoms with Crippen molar-refractivity contribution in [2.75, 3.05) is 0 Å². The first-order chi connectivity index (χ1) is 11.9. The van der Waals surface area contributed by atoms with Crippen LogP contribution in [0.4, 0.5) is 5.69 Å². The summed E-state index contributed by atoms with van der Waals surface area (Å²) in [5, 5.41) is 11.1. The van der Waals surface area contributed by atoms with Crippen LogP contribution < -0.4 is 4.74 Å². The number of hydrogen-bond acceptors (Lipinski definition) is 5. The molecular weight excluding hydrogens is 324 g/mol. The summed E-state index contributed by atoms with van der Waals surface area (Å²) in [4.78, 5) is 37.0. The van der Waals surface area contributed by atoms with Gasteiger partial charge in [-0.3, -0.25) is 24.6 Å². The first kappa shape index (κ1) is 17.1. The number of benzene rings is 1. The highest BCUT2D eigenvalue weighted by molar-refractivity contribution is 6.05. The predicted octanol–water partition coefficient (Wildman–Crippen LogP) is 2.83. The lowest BCUT2D eigenvalue weighted by Crippen LogP contribution is -2.30. The summed E-state index contributed by atoms with van der Waals surface area (Å²) in [7, 11) is 0. The minimum Gasteiger partial charge on any atom is -0.491 e. The fourth-order valence-electron chi connectivity index (χ4n) is 3.37. The third-order valence-electron chi connectivity index (χ3n) is 4.54. The molecule has 25 heavy (non-hydrogen) atoms. The molecule has 0 bridgehead atoms. The summed E-state index contributed by atoms with van der Waals surface area (Å²) in [6, 6.07) is 4.25. The molecule has 1 aromatic carbocycles. The smallest absolute Gasteiger partial charge is 0.270 e. The predicted molar refractivity (Wildman–Crippen MR) is 89.8 cm³/mol. The van der Waals surface area contributed by atoms with Gasteiger partial charge >= 0.3 is 0 Å². The summed E-state index contributed by atoms with van der Waals surface area (Å²) in [5.41, 5.74) is 0.375. The molecular formula is C18H20N2O5. The van der Waals surface area contributed by atoms with Gasteiger partial charge in [-0.05, 0) is 32.8 Å². The van der Waals surface area contributed by atoms with Crippen LogP contribution in [0.25, 0.3) is 0 Å². The number of nitrogens with zero attached hydrogens (tertiary/aromatic N) is 2.